The lowest BCUT2D eigenvalue weighted by Gasteiger charge is -1.98. The van der Waals surface area contributed by atoms with Gasteiger partial charge in [-0.2, -0.15) is 5.26 Å². The van der Waals surface area contributed by atoms with E-state index in [0.29, 0.717) is 0 Å². The molecule has 0 radical (unpaired) electrons. The van der Waals surface area contributed by atoms with Crippen LogP contribution in [0.25, 0.3) is 6.08 Å². The Morgan fingerprint density at radius 3 is 2.93 bits per heavy atom. The number of hydrogen-bond donors (Lipinski definition) is 0. The summed E-state index contributed by atoms with van der Waals surface area (Å²) >= 11 is 1.49. The van der Waals surface area contributed by atoms with Crippen molar-refractivity contribution in [2.24, 2.45) is 0 Å². The van der Waals surface area contributed by atoms with Crippen molar-refractivity contribution in [2.75, 3.05) is 6.61 Å². The molecule has 78 valence electrons. The lowest BCUT2D eigenvalue weighted by molar-refractivity contribution is -0.137. The largest absolute Gasteiger partial charge is 0.462 e. The van der Waals surface area contributed by atoms with E-state index in [4.69, 9.17) is 10.00 Å². The van der Waals surface area contributed by atoms with Crippen LogP contribution in [0, 0.1) is 18.3 Å². The molecule has 0 aromatic carbocycles. The van der Waals surface area contributed by atoms with Crippen LogP contribution in [0.15, 0.2) is 17.0 Å². The minimum atomic E-state index is -0.562. The molecule has 0 bridgehead atoms. The van der Waals surface area contributed by atoms with Gasteiger partial charge in [0.1, 0.15) is 11.6 Å². The molecular weight excluding hydrogens is 210 g/mol. The first kappa shape index (κ1) is 11.5. The highest BCUT2D eigenvalue weighted by molar-refractivity contribution is 7.11. The fourth-order valence-electron chi connectivity index (χ4n) is 1.01. The van der Waals surface area contributed by atoms with E-state index < -0.39 is 5.97 Å². The van der Waals surface area contributed by atoms with Gasteiger partial charge in [0.05, 0.1) is 6.61 Å². The van der Waals surface area contributed by atoms with Gasteiger partial charge in [0, 0.05) is 4.88 Å². The third-order valence-electron chi connectivity index (χ3n) is 1.79. The Bertz CT molecular complexity index is 426. The second-order valence-corrected chi connectivity index (χ2v) is 3.81. The number of aryl methyl sites for hydroxylation is 1. The average Bonchev–Trinajstić information content (AvgIpc) is 2.61. The zero-order valence-electron chi connectivity index (χ0n) is 8.61. The molecule has 15 heavy (non-hydrogen) atoms. The van der Waals surface area contributed by atoms with E-state index in [1.165, 1.54) is 11.3 Å². The van der Waals surface area contributed by atoms with Crippen LogP contribution in [0.3, 0.4) is 0 Å². The quantitative estimate of drug-likeness (QED) is 0.447. The van der Waals surface area contributed by atoms with Crippen molar-refractivity contribution >= 4 is 23.4 Å². The van der Waals surface area contributed by atoms with E-state index in [-0.39, 0.29) is 12.2 Å². The van der Waals surface area contributed by atoms with E-state index in [0.717, 1.165) is 10.4 Å². The maximum Gasteiger partial charge on any atom is 0.348 e. The normalized spacial score (nSPS) is 10.9. The Kier molecular flexibility index (Phi) is 4.07. The molecule has 1 aromatic rings. The summed E-state index contributed by atoms with van der Waals surface area (Å²) in [5.41, 5.74) is 1.10. The molecule has 0 aliphatic carbocycles. The number of thiophene rings is 1. The lowest BCUT2D eigenvalue weighted by atomic mass is 10.2. The molecule has 0 fully saturated rings. The fraction of sp³-hybridized carbons (Fsp3) is 0.273. The monoisotopic (exact) mass is 221 g/mol. The van der Waals surface area contributed by atoms with Crippen LogP contribution < -0.4 is 0 Å². The minimum Gasteiger partial charge on any atom is -0.462 e. The van der Waals surface area contributed by atoms with Gasteiger partial charge in [-0.15, -0.1) is 11.3 Å². The molecule has 0 unspecified atom stereocenters. The number of nitriles is 1. The fourth-order valence-corrected chi connectivity index (χ4v) is 1.87. The topological polar surface area (TPSA) is 50.1 Å². The Morgan fingerprint density at radius 2 is 2.47 bits per heavy atom. The number of rotatable bonds is 3. The number of hydrogen-bond acceptors (Lipinski definition) is 4. The zero-order valence-corrected chi connectivity index (χ0v) is 9.43. The molecule has 0 atom stereocenters. The van der Waals surface area contributed by atoms with Crippen molar-refractivity contribution in [1.82, 2.24) is 0 Å². The van der Waals surface area contributed by atoms with E-state index in [9.17, 15) is 4.79 Å². The molecule has 0 spiro atoms. The summed E-state index contributed by atoms with van der Waals surface area (Å²) in [6.45, 7) is 3.92. The molecular formula is C11H11NO2S. The summed E-state index contributed by atoms with van der Waals surface area (Å²) in [5, 5.41) is 10.7. The Morgan fingerprint density at radius 1 is 1.73 bits per heavy atom. The van der Waals surface area contributed by atoms with E-state index in [1.54, 1.807) is 13.0 Å². The standard InChI is InChI=1S/C11H11NO2S/c1-3-14-11(13)9(7-12)6-10-8(2)4-5-15-10/h4-6H,3H2,1-2H3. The predicted octanol–water partition coefficient (Wildman–Crippen LogP) is 2.53. The van der Waals surface area contributed by atoms with Gasteiger partial charge in [0.2, 0.25) is 0 Å². The van der Waals surface area contributed by atoms with Crippen LogP contribution in [0.1, 0.15) is 17.4 Å². The second kappa shape index (κ2) is 5.32. The van der Waals surface area contributed by atoms with Crippen molar-refractivity contribution in [3.8, 4) is 6.07 Å². The molecule has 0 aliphatic rings. The third-order valence-corrected chi connectivity index (χ3v) is 2.76. The minimum absolute atomic E-state index is 0.0439. The number of carbonyl (C=O) groups is 1. The molecule has 0 aliphatic heterocycles. The lowest BCUT2D eigenvalue weighted by Crippen LogP contribution is -2.05. The highest BCUT2D eigenvalue weighted by Gasteiger charge is 2.10. The molecule has 0 N–H and O–H groups in total. The van der Waals surface area contributed by atoms with Gasteiger partial charge in [-0.25, -0.2) is 4.79 Å². The van der Waals surface area contributed by atoms with Crippen LogP contribution >= 0.6 is 11.3 Å². The Labute approximate surface area is 92.6 Å². The zero-order chi connectivity index (χ0) is 11.3. The molecule has 1 rings (SSSR count). The van der Waals surface area contributed by atoms with E-state index in [1.807, 2.05) is 24.4 Å². The highest BCUT2D eigenvalue weighted by atomic mass is 32.1. The maximum atomic E-state index is 11.3. The summed E-state index contributed by atoms with van der Waals surface area (Å²) < 4.78 is 4.76. The van der Waals surface area contributed by atoms with Crippen molar-refractivity contribution in [3.05, 3.63) is 27.5 Å². The molecule has 3 nitrogen and oxygen atoms in total. The summed E-state index contributed by atoms with van der Waals surface area (Å²) in [6, 6.07) is 3.79. The molecule has 0 amide bonds. The Hall–Kier alpha value is -1.60. The maximum absolute atomic E-state index is 11.3. The van der Waals surface area contributed by atoms with Gasteiger partial charge in [0.25, 0.3) is 0 Å². The smallest absolute Gasteiger partial charge is 0.348 e. The summed E-state index contributed by atoms with van der Waals surface area (Å²) in [4.78, 5) is 12.2. The summed E-state index contributed by atoms with van der Waals surface area (Å²) in [5.74, 6) is -0.562. The van der Waals surface area contributed by atoms with Gasteiger partial charge < -0.3 is 4.74 Å². The Balaban J connectivity index is 2.94. The van der Waals surface area contributed by atoms with Crippen LogP contribution in [0.5, 0.6) is 0 Å². The van der Waals surface area contributed by atoms with Gasteiger partial charge in [0.15, 0.2) is 0 Å². The summed E-state index contributed by atoms with van der Waals surface area (Å²) in [6.07, 6.45) is 1.57. The van der Waals surface area contributed by atoms with Crippen molar-refractivity contribution < 1.29 is 9.53 Å². The van der Waals surface area contributed by atoms with Crippen LogP contribution in [0.4, 0.5) is 0 Å². The molecule has 1 aromatic heterocycles. The van der Waals surface area contributed by atoms with Crippen LogP contribution in [-0.2, 0) is 9.53 Å². The number of carbonyl (C=O) groups excluding carboxylic acids is 1. The van der Waals surface area contributed by atoms with Crippen LogP contribution in [0.2, 0.25) is 0 Å². The molecule has 0 saturated carbocycles. The number of esters is 1. The van der Waals surface area contributed by atoms with Crippen LogP contribution in [-0.4, -0.2) is 12.6 Å². The van der Waals surface area contributed by atoms with Gasteiger partial charge in [-0.05, 0) is 36.9 Å². The average molecular weight is 221 g/mol. The predicted molar refractivity (Wildman–Crippen MR) is 59.3 cm³/mol. The molecule has 0 saturated heterocycles. The number of ether oxygens (including phenoxy) is 1. The van der Waals surface area contributed by atoms with Gasteiger partial charge >= 0.3 is 5.97 Å². The molecule has 4 heteroatoms. The van der Waals surface area contributed by atoms with Gasteiger partial charge in [-0.1, -0.05) is 0 Å². The van der Waals surface area contributed by atoms with Crippen molar-refractivity contribution in [2.45, 2.75) is 13.8 Å². The van der Waals surface area contributed by atoms with Crippen molar-refractivity contribution in [3.63, 3.8) is 0 Å². The first-order valence-corrected chi connectivity index (χ1v) is 5.40. The van der Waals surface area contributed by atoms with E-state index >= 15 is 0 Å². The third kappa shape index (κ3) is 2.93. The highest BCUT2D eigenvalue weighted by Crippen LogP contribution is 2.19. The first-order chi connectivity index (χ1) is 7.19. The summed E-state index contributed by atoms with van der Waals surface area (Å²) in [7, 11) is 0. The SMILES string of the molecule is CCOC(=O)C(C#N)=Cc1sccc1C. The van der Waals surface area contributed by atoms with Gasteiger partial charge in [-0.3, -0.25) is 0 Å². The van der Waals surface area contributed by atoms with Crippen molar-refractivity contribution in [1.29, 1.82) is 5.26 Å². The van der Waals surface area contributed by atoms with E-state index in [2.05, 4.69) is 0 Å². The first-order valence-electron chi connectivity index (χ1n) is 4.52. The molecule has 1 heterocycles. The second-order valence-electron chi connectivity index (χ2n) is 2.86. The number of nitrogens with zero attached hydrogens (tertiary/aromatic N) is 1.